The standard InChI is InChI=1S/C14H17Cl2N5O/c1-2-21(5-6-22)14-12(17)13(18-8-19-14)20-11-7-9(15)3-4-10(11)16/h3-4,7-8,22H,2,5-6,17H2,1H3,(H,18,19,20). The van der Waals surface area contributed by atoms with Crippen molar-refractivity contribution in [2.75, 3.05) is 35.6 Å². The van der Waals surface area contributed by atoms with E-state index >= 15 is 0 Å². The lowest BCUT2D eigenvalue weighted by Gasteiger charge is -2.23. The summed E-state index contributed by atoms with van der Waals surface area (Å²) >= 11 is 12.1. The van der Waals surface area contributed by atoms with Crippen LogP contribution < -0.4 is 16.0 Å². The largest absolute Gasteiger partial charge is 0.395 e. The van der Waals surface area contributed by atoms with Crippen LogP contribution in [0.2, 0.25) is 10.0 Å². The number of nitrogens with one attached hydrogen (secondary N) is 1. The highest BCUT2D eigenvalue weighted by molar-refractivity contribution is 6.35. The summed E-state index contributed by atoms with van der Waals surface area (Å²) in [6, 6.07) is 5.08. The summed E-state index contributed by atoms with van der Waals surface area (Å²) in [5.74, 6) is 0.998. The number of nitrogens with zero attached hydrogens (tertiary/aromatic N) is 3. The number of aliphatic hydroxyl groups excluding tert-OH is 1. The fraction of sp³-hybridized carbons (Fsp3) is 0.286. The molecule has 8 heteroatoms. The first-order valence-corrected chi connectivity index (χ1v) is 7.50. The number of hydrogen-bond acceptors (Lipinski definition) is 6. The molecule has 0 aliphatic heterocycles. The highest BCUT2D eigenvalue weighted by Gasteiger charge is 2.14. The number of benzene rings is 1. The van der Waals surface area contributed by atoms with E-state index in [0.717, 1.165) is 0 Å². The lowest BCUT2D eigenvalue weighted by Crippen LogP contribution is -2.28. The van der Waals surface area contributed by atoms with E-state index in [2.05, 4.69) is 15.3 Å². The molecule has 0 fully saturated rings. The van der Waals surface area contributed by atoms with Crippen molar-refractivity contribution in [1.29, 1.82) is 0 Å². The number of hydrogen-bond donors (Lipinski definition) is 3. The van der Waals surface area contributed by atoms with Crippen LogP contribution in [0.3, 0.4) is 0 Å². The molecule has 2 rings (SSSR count). The minimum Gasteiger partial charge on any atom is -0.395 e. The average Bonchev–Trinajstić information content (AvgIpc) is 2.51. The Hall–Kier alpha value is -1.76. The van der Waals surface area contributed by atoms with Gasteiger partial charge in [0.15, 0.2) is 11.6 Å². The van der Waals surface area contributed by atoms with Gasteiger partial charge in [-0.15, -0.1) is 0 Å². The predicted octanol–water partition coefficient (Wildman–Crippen LogP) is 2.93. The molecule has 0 spiro atoms. The van der Waals surface area contributed by atoms with Crippen LogP contribution in [0.5, 0.6) is 0 Å². The molecule has 0 aliphatic carbocycles. The van der Waals surface area contributed by atoms with E-state index in [1.54, 1.807) is 18.2 Å². The van der Waals surface area contributed by atoms with E-state index in [9.17, 15) is 0 Å². The first-order chi connectivity index (χ1) is 10.6. The number of aliphatic hydroxyl groups is 1. The summed E-state index contributed by atoms with van der Waals surface area (Å²) in [7, 11) is 0. The average molecular weight is 342 g/mol. The highest BCUT2D eigenvalue weighted by atomic mass is 35.5. The van der Waals surface area contributed by atoms with Gasteiger partial charge >= 0.3 is 0 Å². The van der Waals surface area contributed by atoms with Gasteiger partial charge < -0.3 is 21.1 Å². The van der Waals surface area contributed by atoms with Gasteiger partial charge in [0.25, 0.3) is 0 Å². The molecule has 0 bridgehead atoms. The van der Waals surface area contributed by atoms with Gasteiger partial charge in [-0.25, -0.2) is 9.97 Å². The van der Waals surface area contributed by atoms with E-state index in [1.165, 1.54) is 6.33 Å². The van der Waals surface area contributed by atoms with Gasteiger partial charge in [-0.1, -0.05) is 23.2 Å². The Bertz CT molecular complexity index is 653. The van der Waals surface area contributed by atoms with Crippen molar-refractivity contribution in [2.24, 2.45) is 0 Å². The number of aromatic nitrogens is 2. The zero-order chi connectivity index (χ0) is 16.1. The van der Waals surface area contributed by atoms with Gasteiger partial charge in [0.2, 0.25) is 0 Å². The molecule has 6 nitrogen and oxygen atoms in total. The molecule has 0 aliphatic rings. The Labute approximate surface area is 138 Å². The number of anilines is 4. The molecule has 1 aromatic carbocycles. The van der Waals surface area contributed by atoms with Crippen LogP contribution in [-0.4, -0.2) is 34.8 Å². The third-order valence-corrected chi connectivity index (χ3v) is 3.66. The minimum atomic E-state index is 0.0141. The van der Waals surface area contributed by atoms with Crippen molar-refractivity contribution in [1.82, 2.24) is 9.97 Å². The SMILES string of the molecule is CCN(CCO)c1ncnc(Nc2cc(Cl)ccc2Cl)c1N. The topological polar surface area (TPSA) is 87.3 Å². The number of likely N-dealkylation sites (N-methyl/N-ethyl adjacent to an activating group) is 1. The van der Waals surface area contributed by atoms with Crippen LogP contribution in [-0.2, 0) is 0 Å². The second-order valence-electron chi connectivity index (χ2n) is 4.51. The van der Waals surface area contributed by atoms with Gasteiger partial charge in [0.1, 0.15) is 12.0 Å². The number of nitrogens with two attached hydrogens (primary N) is 1. The molecule has 1 aromatic heterocycles. The molecule has 0 saturated carbocycles. The Morgan fingerprint density at radius 2 is 2.09 bits per heavy atom. The van der Waals surface area contributed by atoms with Crippen molar-refractivity contribution >= 4 is 46.2 Å². The maximum absolute atomic E-state index is 9.12. The van der Waals surface area contributed by atoms with Crippen LogP contribution in [0.25, 0.3) is 0 Å². The van der Waals surface area contributed by atoms with Crippen molar-refractivity contribution < 1.29 is 5.11 Å². The molecule has 0 saturated heterocycles. The lowest BCUT2D eigenvalue weighted by atomic mass is 10.3. The van der Waals surface area contributed by atoms with Gasteiger partial charge in [-0.2, -0.15) is 0 Å². The maximum Gasteiger partial charge on any atom is 0.159 e. The van der Waals surface area contributed by atoms with E-state index in [0.29, 0.717) is 46.1 Å². The third-order valence-electron chi connectivity index (χ3n) is 3.10. The predicted molar refractivity (Wildman–Crippen MR) is 91.2 cm³/mol. The van der Waals surface area contributed by atoms with E-state index in [4.69, 9.17) is 34.0 Å². The van der Waals surface area contributed by atoms with Gasteiger partial charge in [0, 0.05) is 18.1 Å². The molecule has 1 heterocycles. The summed E-state index contributed by atoms with van der Waals surface area (Å²) in [6.07, 6.45) is 1.41. The molecule has 4 N–H and O–H groups in total. The monoisotopic (exact) mass is 341 g/mol. The maximum atomic E-state index is 9.12. The second kappa shape index (κ2) is 7.49. The van der Waals surface area contributed by atoms with Crippen LogP contribution in [0.1, 0.15) is 6.92 Å². The van der Waals surface area contributed by atoms with Gasteiger partial charge in [-0.05, 0) is 25.1 Å². The molecule has 0 atom stereocenters. The fourth-order valence-electron chi connectivity index (χ4n) is 1.99. The Morgan fingerprint density at radius 1 is 1.32 bits per heavy atom. The zero-order valence-electron chi connectivity index (χ0n) is 12.1. The Kier molecular flexibility index (Phi) is 5.65. The zero-order valence-corrected chi connectivity index (χ0v) is 13.6. The van der Waals surface area contributed by atoms with E-state index in [-0.39, 0.29) is 6.61 Å². The minimum absolute atomic E-state index is 0.0141. The van der Waals surface area contributed by atoms with E-state index < -0.39 is 0 Å². The Morgan fingerprint density at radius 3 is 2.77 bits per heavy atom. The summed E-state index contributed by atoms with van der Waals surface area (Å²) in [4.78, 5) is 10.2. The quantitative estimate of drug-likeness (QED) is 0.748. The molecule has 0 radical (unpaired) electrons. The molecule has 2 aromatic rings. The first-order valence-electron chi connectivity index (χ1n) is 6.75. The lowest BCUT2D eigenvalue weighted by molar-refractivity contribution is 0.302. The van der Waals surface area contributed by atoms with Crippen LogP contribution in [0.15, 0.2) is 24.5 Å². The van der Waals surface area contributed by atoms with Crippen LogP contribution >= 0.6 is 23.2 Å². The van der Waals surface area contributed by atoms with Gasteiger partial charge in [0.05, 0.1) is 17.3 Å². The smallest absolute Gasteiger partial charge is 0.159 e. The van der Waals surface area contributed by atoms with Crippen LogP contribution in [0, 0.1) is 0 Å². The molecule has 22 heavy (non-hydrogen) atoms. The summed E-state index contributed by atoms with van der Waals surface area (Å²) < 4.78 is 0. The molecule has 0 unspecified atom stereocenters. The summed E-state index contributed by atoms with van der Waals surface area (Å²) in [5, 5.41) is 13.2. The van der Waals surface area contributed by atoms with Crippen molar-refractivity contribution in [3.05, 3.63) is 34.6 Å². The fourth-order valence-corrected chi connectivity index (χ4v) is 2.33. The second-order valence-corrected chi connectivity index (χ2v) is 5.36. The first kappa shape index (κ1) is 16.6. The van der Waals surface area contributed by atoms with Crippen molar-refractivity contribution in [3.63, 3.8) is 0 Å². The van der Waals surface area contributed by atoms with Gasteiger partial charge in [-0.3, -0.25) is 0 Å². The summed E-state index contributed by atoms with van der Waals surface area (Å²) in [5.41, 5.74) is 7.13. The summed E-state index contributed by atoms with van der Waals surface area (Å²) in [6.45, 7) is 3.08. The highest BCUT2D eigenvalue weighted by Crippen LogP contribution is 2.32. The van der Waals surface area contributed by atoms with Crippen molar-refractivity contribution in [3.8, 4) is 0 Å². The molecule has 118 valence electrons. The molecular weight excluding hydrogens is 325 g/mol. The normalized spacial score (nSPS) is 10.5. The van der Waals surface area contributed by atoms with E-state index in [1.807, 2.05) is 11.8 Å². The number of nitrogen functional groups attached to an aromatic ring is 1. The third kappa shape index (κ3) is 3.71. The number of rotatable bonds is 6. The number of halogens is 2. The molecule has 0 amide bonds. The Balaban J connectivity index is 2.34. The molecular formula is C14H17Cl2N5O. The van der Waals surface area contributed by atoms with Crippen LogP contribution in [0.4, 0.5) is 23.0 Å². The van der Waals surface area contributed by atoms with Crippen molar-refractivity contribution in [2.45, 2.75) is 6.92 Å².